The largest absolute Gasteiger partial charge is 0.409 e. The lowest BCUT2D eigenvalue weighted by Gasteiger charge is -2.10. The molecule has 0 unspecified atom stereocenters. The molecule has 3 nitrogen and oxygen atoms in total. The van der Waals surface area contributed by atoms with Gasteiger partial charge in [0.25, 0.3) is 0 Å². The summed E-state index contributed by atoms with van der Waals surface area (Å²) >= 11 is 7.60. The molecule has 0 saturated carbocycles. The van der Waals surface area contributed by atoms with Gasteiger partial charge in [-0.25, -0.2) is 0 Å². The third-order valence-corrected chi connectivity index (χ3v) is 4.92. The lowest BCUT2D eigenvalue weighted by Crippen LogP contribution is -2.14. The number of rotatable bonds is 3. The van der Waals surface area contributed by atoms with E-state index >= 15 is 0 Å². The Kier molecular flexibility index (Phi) is 4.08. The molecule has 2 aromatic carbocycles. The summed E-state index contributed by atoms with van der Waals surface area (Å²) in [5, 5.41) is 12.6. The lowest BCUT2D eigenvalue weighted by atomic mass is 10.1. The van der Waals surface area contributed by atoms with E-state index in [0.29, 0.717) is 10.6 Å². The maximum Gasteiger partial charge on any atom is 0.171 e. The van der Waals surface area contributed by atoms with Crippen LogP contribution in [0.2, 0.25) is 5.02 Å². The molecule has 0 bridgehead atoms. The topological polar surface area (TPSA) is 58.6 Å². The van der Waals surface area contributed by atoms with Crippen LogP contribution in [0.5, 0.6) is 0 Å². The Balaban J connectivity index is 1.94. The summed E-state index contributed by atoms with van der Waals surface area (Å²) in [5.41, 5.74) is 9.27. The smallest absolute Gasteiger partial charge is 0.171 e. The zero-order chi connectivity index (χ0) is 14.8. The van der Waals surface area contributed by atoms with Gasteiger partial charge in [-0.1, -0.05) is 34.6 Å². The van der Waals surface area contributed by atoms with Gasteiger partial charge in [0.2, 0.25) is 0 Å². The molecular formula is C16H15ClN2OS. The van der Waals surface area contributed by atoms with E-state index in [2.05, 4.69) is 23.4 Å². The van der Waals surface area contributed by atoms with Gasteiger partial charge < -0.3 is 10.9 Å². The van der Waals surface area contributed by atoms with Gasteiger partial charge in [-0.3, -0.25) is 0 Å². The third-order valence-electron chi connectivity index (χ3n) is 3.62. The van der Waals surface area contributed by atoms with E-state index in [4.69, 9.17) is 22.5 Å². The van der Waals surface area contributed by atoms with Crippen molar-refractivity contribution in [1.29, 1.82) is 0 Å². The minimum absolute atomic E-state index is 0.0705. The molecule has 3 rings (SSSR count). The molecule has 5 heteroatoms. The number of amidine groups is 1. The van der Waals surface area contributed by atoms with Crippen LogP contribution in [0.15, 0.2) is 51.3 Å². The summed E-state index contributed by atoms with van der Waals surface area (Å²) in [7, 11) is 0. The summed E-state index contributed by atoms with van der Waals surface area (Å²) in [4.78, 5) is 2.08. The molecule has 108 valence electrons. The highest BCUT2D eigenvalue weighted by Gasteiger charge is 2.13. The number of halogens is 1. The zero-order valence-electron chi connectivity index (χ0n) is 11.3. The van der Waals surface area contributed by atoms with Crippen molar-refractivity contribution in [1.82, 2.24) is 0 Å². The Morgan fingerprint density at radius 3 is 2.76 bits per heavy atom. The average molecular weight is 319 g/mol. The van der Waals surface area contributed by atoms with Crippen LogP contribution in [0.25, 0.3) is 0 Å². The molecule has 0 amide bonds. The van der Waals surface area contributed by atoms with Gasteiger partial charge in [0, 0.05) is 20.4 Å². The van der Waals surface area contributed by atoms with Crippen LogP contribution in [-0.4, -0.2) is 11.0 Å². The standard InChI is InChI=1S/C16H15ClN2OS/c17-12-5-7-15(14(9-12)16(18)19-20)21-13-6-4-10-2-1-3-11(10)8-13/h4-9,20H,1-3H2,(H2,18,19). The predicted molar refractivity (Wildman–Crippen MR) is 86.6 cm³/mol. The molecule has 21 heavy (non-hydrogen) atoms. The average Bonchev–Trinajstić information content (AvgIpc) is 2.96. The first kappa shape index (κ1) is 14.3. The maximum atomic E-state index is 8.91. The van der Waals surface area contributed by atoms with Crippen LogP contribution in [0.3, 0.4) is 0 Å². The van der Waals surface area contributed by atoms with Gasteiger partial charge in [-0.05, 0) is 60.7 Å². The number of hydrogen-bond donors (Lipinski definition) is 2. The third kappa shape index (κ3) is 3.01. The molecule has 0 aliphatic heterocycles. The monoisotopic (exact) mass is 318 g/mol. The van der Waals surface area contributed by atoms with Crippen molar-refractivity contribution in [3.63, 3.8) is 0 Å². The van der Waals surface area contributed by atoms with Crippen molar-refractivity contribution in [2.75, 3.05) is 0 Å². The van der Waals surface area contributed by atoms with Gasteiger partial charge in [0.1, 0.15) is 0 Å². The molecule has 1 aliphatic rings. The number of fused-ring (bicyclic) bond motifs is 1. The van der Waals surface area contributed by atoms with E-state index in [1.165, 1.54) is 24.0 Å². The summed E-state index contributed by atoms with van der Waals surface area (Å²) in [6.45, 7) is 0. The molecule has 1 aliphatic carbocycles. The number of nitrogens with zero attached hydrogens (tertiary/aromatic N) is 1. The lowest BCUT2D eigenvalue weighted by molar-refractivity contribution is 0.318. The fraction of sp³-hybridized carbons (Fsp3) is 0.188. The molecule has 0 atom stereocenters. The normalized spacial score (nSPS) is 14.2. The Morgan fingerprint density at radius 2 is 1.95 bits per heavy atom. The van der Waals surface area contributed by atoms with Crippen LogP contribution in [0, 0.1) is 0 Å². The summed E-state index contributed by atoms with van der Waals surface area (Å²) in [6.07, 6.45) is 3.56. The van der Waals surface area contributed by atoms with Gasteiger partial charge in [0.15, 0.2) is 5.84 Å². The quantitative estimate of drug-likeness (QED) is 0.388. The zero-order valence-corrected chi connectivity index (χ0v) is 12.9. The van der Waals surface area contributed by atoms with Crippen molar-refractivity contribution >= 4 is 29.2 Å². The Bertz CT molecular complexity index is 715. The number of benzene rings is 2. The van der Waals surface area contributed by atoms with Gasteiger partial charge in [-0.15, -0.1) is 0 Å². The first-order valence-corrected chi connectivity index (χ1v) is 7.94. The Morgan fingerprint density at radius 1 is 1.14 bits per heavy atom. The van der Waals surface area contributed by atoms with Crippen LogP contribution >= 0.6 is 23.4 Å². The van der Waals surface area contributed by atoms with E-state index in [1.807, 2.05) is 12.1 Å². The van der Waals surface area contributed by atoms with Crippen LogP contribution < -0.4 is 5.73 Å². The number of oxime groups is 1. The second-order valence-electron chi connectivity index (χ2n) is 5.01. The summed E-state index contributed by atoms with van der Waals surface area (Å²) in [6, 6.07) is 12.0. The SMILES string of the molecule is NC(=NO)c1cc(Cl)ccc1Sc1ccc2c(c1)CCC2. The first-order chi connectivity index (χ1) is 10.2. The molecule has 0 aromatic heterocycles. The summed E-state index contributed by atoms with van der Waals surface area (Å²) < 4.78 is 0. The summed E-state index contributed by atoms with van der Waals surface area (Å²) in [5.74, 6) is 0.0705. The number of aryl methyl sites for hydroxylation is 2. The van der Waals surface area contributed by atoms with Crippen molar-refractivity contribution < 1.29 is 5.21 Å². The maximum absolute atomic E-state index is 8.91. The van der Waals surface area contributed by atoms with Gasteiger partial charge >= 0.3 is 0 Å². The van der Waals surface area contributed by atoms with E-state index < -0.39 is 0 Å². The second-order valence-corrected chi connectivity index (χ2v) is 6.56. The Hall–Kier alpha value is -1.65. The van der Waals surface area contributed by atoms with Crippen molar-refractivity contribution in [2.45, 2.75) is 29.1 Å². The molecule has 0 saturated heterocycles. The van der Waals surface area contributed by atoms with E-state index in [-0.39, 0.29) is 5.84 Å². The second kappa shape index (κ2) is 6.00. The van der Waals surface area contributed by atoms with E-state index in [9.17, 15) is 0 Å². The fourth-order valence-corrected chi connectivity index (χ4v) is 3.76. The fourth-order valence-electron chi connectivity index (χ4n) is 2.58. The molecule has 0 heterocycles. The van der Waals surface area contributed by atoms with Crippen LogP contribution in [-0.2, 0) is 12.8 Å². The van der Waals surface area contributed by atoms with Crippen molar-refractivity contribution in [3.8, 4) is 0 Å². The highest BCUT2D eigenvalue weighted by atomic mass is 35.5. The first-order valence-electron chi connectivity index (χ1n) is 6.74. The van der Waals surface area contributed by atoms with Gasteiger partial charge in [-0.2, -0.15) is 0 Å². The van der Waals surface area contributed by atoms with Crippen LogP contribution in [0.4, 0.5) is 0 Å². The predicted octanol–water partition coefficient (Wildman–Crippen LogP) is 4.07. The Labute approximate surface area is 132 Å². The van der Waals surface area contributed by atoms with Crippen molar-refractivity contribution in [2.24, 2.45) is 10.9 Å². The molecular weight excluding hydrogens is 304 g/mol. The molecule has 3 N–H and O–H groups in total. The number of hydrogen-bond acceptors (Lipinski definition) is 3. The minimum Gasteiger partial charge on any atom is -0.409 e. The van der Waals surface area contributed by atoms with E-state index in [0.717, 1.165) is 16.2 Å². The molecule has 0 spiro atoms. The highest BCUT2D eigenvalue weighted by Crippen LogP contribution is 2.34. The number of nitrogens with two attached hydrogens (primary N) is 1. The highest BCUT2D eigenvalue weighted by molar-refractivity contribution is 7.99. The van der Waals surface area contributed by atoms with E-state index in [1.54, 1.807) is 17.8 Å². The van der Waals surface area contributed by atoms with Crippen molar-refractivity contribution in [3.05, 3.63) is 58.1 Å². The minimum atomic E-state index is 0.0705. The molecule has 0 fully saturated rings. The van der Waals surface area contributed by atoms with Gasteiger partial charge in [0.05, 0.1) is 0 Å². The molecule has 0 radical (unpaired) electrons. The molecule has 2 aromatic rings. The van der Waals surface area contributed by atoms with Crippen LogP contribution in [0.1, 0.15) is 23.1 Å².